The summed E-state index contributed by atoms with van der Waals surface area (Å²) in [6.07, 6.45) is 0. The lowest BCUT2D eigenvalue weighted by molar-refractivity contribution is 0.338. The Bertz CT molecular complexity index is 1140. The molecule has 0 heterocycles. The molecule has 0 aliphatic rings. The second kappa shape index (κ2) is 8.52. The Hall–Kier alpha value is -2.57. The maximum atomic E-state index is 15.1. The lowest BCUT2D eigenvalue weighted by Crippen LogP contribution is -2.57. The van der Waals surface area contributed by atoms with Gasteiger partial charge in [0.25, 0.3) is 0 Å². The molecular formula is C21H13AlF8O. The highest BCUT2D eigenvalue weighted by Crippen LogP contribution is 2.25. The van der Waals surface area contributed by atoms with Crippen molar-refractivity contribution in [3.05, 3.63) is 81.9 Å². The highest BCUT2D eigenvalue weighted by atomic mass is 27.2. The van der Waals surface area contributed by atoms with Crippen molar-refractivity contribution in [3.8, 4) is 5.75 Å². The van der Waals surface area contributed by atoms with Crippen LogP contribution in [0.4, 0.5) is 35.1 Å². The molecule has 0 saturated carbocycles. The molecule has 0 spiro atoms. The Kier molecular flexibility index (Phi) is 6.35. The molecule has 0 aliphatic carbocycles. The van der Waals surface area contributed by atoms with Crippen molar-refractivity contribution >= 4 is 27.4 Å². The van der Waals surface area contributed by atoms with Crippen molar-refractivity contribution in [3.63, 3.8) is 0 Å². The van der Waals surface area contributed by atoms with Crippen molar-refractivity contribution in [1.82, 2.24) is 0 Å². The summed E-state index contributed by atoms with van der Waals surface area (Å²) < 4.78 is 117. The monoisotopic (exact) mass is 460 g/mol. The van der Waals surface area contributed by atoms with Crippen LogP contribution in [0.3, 0.4) is 0 Å². The molecule has 0 radical (unpaired) electrons. The fourth-order valence-electron chi connectivity index (χ4n) is 3.34. The van der Waals surface area contributed by atoms with Gasteiger partial charge in [0, 0.05) is 12.1 Å². The smallest absolute Gasteiger partial charge is 0.402 e. The third-order valence-corrected chi connectivity index (χ3v) is 8.14. The molecule has 0 aromatic heterocycles. The van der Waals surface area contributed by atoms with Crippen molar-refractivity contribution in [2.24, 2.45) is 0 Å². The number of halogens is 8. The lowest BCUT2D eigenvalue weighted by atomic mass is 10.2. The first kappa shape index (κ1) is 23.1. The number of hydrogen-bond acceptors (Lipinski definition) is 1. The molecule has 3 aromatic carbocycles. The first-order valence-electron chi connectivity index (χ1n) is 8.80. The molecule has 10 heteroatoms. The number of aryl methyl sites for hydroxylation is 2. The van der Waals surface area contributed by atoms with E-state index in [1.165, 1.54) is 13.8 Å². The third-order valence-electron chi connectivity index (χ3n) is 4.93. The number of ether oxygens (including phenoxy) is 1. The summed E-state index contributed by atoms with van der Waals surface area (Å²) in [6, 6.07) is 2.69. The number of benzene rings is 3. The predicted molar refractivity (Wildman–Crippen MR) is 99.7 cm³/mol. The highest BCUT2D eigenvalue weighted by Gasteiger charge is 2.40. The summed E-state index contributed by atoms with van der Waals surface area (Å²) >= 11 is -3.97. The summed E-state index contributed by atoms with van der Waals surface area (Å²) in [5, 5.41) is 0. The van der Waals surface area contributed by atoms with Gasteiger partial charge in [-0.1, -0.05) is 21.0 Å². The molecule has 0 aliphatic heterocycles. The van der Waals surface area contributed by atoms with E-state index in [-0.39, 0.29) is 11.1 Å². The van der Waals surface area contributed by atoms with Gasteiger partial charge in [-0.3, -0.25) is 0 Å². The van der Waals surface area contributed by atoms with E-state index in [9.17, 15) is 30.7 Å². The number of rotatable bonds is 4. The second-order valence-electron chi connectivity index (χ2n) is 6.88. The zero-order valence-electron chi connectivity index (χ0n) is 16.3. The van der Waals surface area contributed by atoms with Crippen molar-refractivity contribution in [2.75, 3.05) is 7.11 Å². The van der Waals surface area contributed by atoms with Crippen LogP contribution >= 0.6 is 0 Å². The predicted octanol–water partition coefficient (Wildman–Crippen LogP) is 3.94. The standard InChI is InChI=1S/C7H3F4O.2C7H5F2.Al/c1-12-7-4(9)2-3(8)5(10)6(7)11;2*1-5-2-3-6(8)4-7(5)9;/h1H3;2*2,4H,1H3;. The largest absolute Gasteiger partial charge is 0.491 e. The quantitative estimate of drug-likeness (QED) is 0.248. The minimum absolute atomic E-state index is 0.136. The van der Waals surface area contributed by atoms with Crippen LogP contribution in [0.2, 0.25) is 0 Å². The Labute approximate surface area is 176 Å². The normalized spacial score (nSPS) is 11.1. The molecule has 0 unspecified atom stereocenters. The summed E-state index contributed by atoms with van der Waals surface area (Å²) in [7, 11) is 0.796. The molecule has 0 bridgehead atoms. The van der Waals surface area contributed by atoms with E-state index in [0.717, 1.165) is 19.2 Å². The molecular weight excluding hydrogens is 447 g/mol. The Balaban J connectivity index is 2.50. The number of methoxy groups -OCH3 is 1. The van der Waals surface area contributed by atoms with Crippen LogP contribution in [-0.4, -0.2) is 21.3 Å². The molecule has 3 aromatic rings. The van der Waals surface area contributed by atoms with E-state index in [1.54, 1.807) is 0 Å². The highest BCUT2D eigenvalue weighted by molar-refractivity contribution is 6.95. The molecule has 3 rings (SSSR count). The molecule has 31 heavy (non-hydrogen) atoms. The second-order valence-corrected chi connectivity index (χ2v) is 9.57. The van der Waals surface area contributed by atoms with Gasteiger partial charge in [0.1, 0.15) is 23.3 Å². The zero-order chi connectivity index (χ0) is 23.2. The summed E-state index contributed by atoms with van der Waals surface area (Å²) in [5.74, 6) is -13.6. The van der Waals surface area contributed by atoms with E-state index in [4.69, 9.17) is 0 Å². The van der Waals surface area contributed by atoms with Crippen LogP contribution in [0.25, 0.3) is 0 Å². The van der Waals surface area contributed by atoms with Crippen LogP contribution in [0.5, 0.6) is 5.75 Å². The van der Waals surface area contributed by atoms with E-state index < -0.39 is 79.7 Å². The Morgan fingerprint density at radius 2 is 1.03 bits per heavy atom. The average molecular weight is 460 g/mol. The van der Waals surface area contributed by atoms with Gasteiger partial charge >= 0.3 is 14.1 Å². The first-order valence-corrected chi connectivity index (χ1v) is 10.5. The summed E-state index contributed by atoms with van der Waals surface area (Å²) in [6.45, 7) is 2.46. The van der Waals surface area contributed by atoms with Gasteiger partial charge in [-0.05, 0) is 29.4 Å². The van der Waals surface area contributed by atoms with Gasteiger partial charge in [-0.15, -0.1) is 0 Å². The van der Waals surface area contributed by atoms with Gasteiger partial charge in [-0.25, -0.2) is 30.7 Å². The first-order chi connectivity index (χ1) is 14.5. The molecule has 0 saturated heterocycles. The summed E-state index contributed by atoms with van der Waals surface area (Å²) in [5.41, 5.74) is -0.271. The van der Waals surface area contributed by atoms with Gasteiger partial charge in [0.15, 0.2) is 23.2 Å². The SMILES string of the molecule is COc1c(F)c(F)c(F)[c]([Al]([c]2cc(C)c(F)cc2F)[c]2cc(C)c(F)cc2F)c1F. The summed E-state index contributed by atoms with van der Waals surface area (Å²) in [4.78, 5) is 0. The van der Waals surface area contributed by atoms with Crippen molar-refractivity contribution < 1.29 is 39.9 Å². The van der Waals surface area contributed by atoms with Gasteiger partial charge in [-0.2, -0.15) is 4.39 Å². The maximum Gasteiger partial charge on any atom is 0.402 e. The van der Waals surface area contributed by atoms with Gasteiger partial charge in [0.05, 0.1) is 7.11 Å². The van der Waals surface area contributed by atoms with E-state index >= 15 is 4.39 Å². The molecule has 0 amide bonds. The van der Waals surface area contributed by atoms with Crippen LogP contribution in [-0.2, 0) is 0 Å². The molecule has 0 N–H and O–H groups in total. The average Bonchev–Trinajstić information content (AvgIpc) is 2.70. The molecule has 162 valence electrons. The number of hydrogen-bond donors (Lipinski definition) is 0. The van der Waals surface area contributed by atoms with Crippen LogP contribution in [0.1, 0.15) is 11.1 Å². The van der Waals surface area contributed by atoms with E-state index in [1.807, 2.05) is 0 Å². The van der Waals surface area contributed by atoms with Crippen molar-refractivity contribution in [1.29, 1.82) is 0 Å². The fourth-order valence-corrected chi connectivity index (χ4v) is 6.62. The zero-order valence-corrected chi connectivity index (χ0v) is 17.5. The fraction of sp³-hybridized carbons (Fsp3) is 0.143. The molecule has 0 atom stereocenters. The van der Waals surface area contributed by atoms with Crippen molar-refractivity contribution in [2.45, 2.75) is 13.8 Å². The topological polar surface area (TPSA) is 9.23 Å². The van der Waals surface area contributed by atoms with Crippen LogP contribution in [0.15, 0.2) is 24.3 Å². The maximum absolute atomic E-state index is 15.1. The Morgan fingerprint density at radius 1 is 0.581 bits per heavy atom. The Morgan fingerprint density at radius 3 is 1.45 bits per heavy atom. The van der Waals surface area contributed by atoms with Gasteiger partial charge < -0.3 is 4.74 Å². The van der Waals surface area contributed by atoms with E-state index in [2.05, 4.69) is 4.74 Å². The van der Waals surface area contributed by atoms with Gasteiger partial charge in [0.2, 0.25) is 5.82 Å². The van der Waals surface area contributed by atoms with Crippen LogP contribution in [0, 0.1) is 60.4 Å². The minimum atomic E-state index is -3.97. The van der Waals surface area contributed by atoms with E-state index in [0.29, 0.717) is 12.1 Å². The lowest BCUT2D eigenvalue weighted by Gasteiger charge is -2.20. The third kappa shape index (κ3) is 3.90. The van der Waals surface area contributed by atoms with Crippen LogP contribution < -0.4 is 18.0 Å². The molecule has 0 fully saturated rings. The molecule has 1 nitrogen and oxygen atoms in total. The minimum Gasteiger partial charge on any atom is -0.491 e.